The molecule has 2 aromatic rings. The van der Waals surface area contributed by atoms with Gasteiger partial charge in [-0.3, -0.25) is 14.4 Å². The quantitative estimate of drug-likeness (QED) is 0.644. The third kappa shape index (κ3) is 6.77. The highest BCUT2D eigenvalue weighted by atomic mass is 19.3. The molecule has 0 saturated heterocycles. The highest BCUT2D eigenvalue weighted by Crippen LogP contribution is 2.25. The number of carbonyl (C=O) groups excluding carboxylic acids is 3. The first-order valence-corrected chi connectivity index (χ1v) is 7.76. The van der Waals surface area contributed by atoms with E-state index in [0.717, 1.165) is 0 Å². The number of esters is 1. The SMILES string of the molecule is O=C(COC(=O)CCNC(=O)c1ccco1)Nc1ccccc1OC(F)F. The highest BCUT2D eigenvalue weighted by Gasteiger charge is 2.14. The van der Waals surface area contributed by atoms with Crippen molar-refractivity contribution in [2.45, 2.75) is 13.0 Å². The number of halogens is 2. The van der Waals surface area contributed by atoms with E-state index >= 15 is 0 Å². The van der Waals surface area contributed by atoms with Crippen LogP contribution in [0.4, 0.5) is 14.5 Å². The zero-order valence-electron chi connectivity index (χ0n) is 13.9. The lowest BCUT2D eigenvalue weighted by atomic mass is 10.3. The molecule has 0 saturated carbocycles. The van der Waals surface area contributed by atoms with E-state index < -0.39 is 31.0 Å². The van der Waals surface area contributed by atoms with Gasteiger partial charge < -0.3 is 24.5 Å². The van der Waals surface area contributed by atoms with Gasteiger partial charge in [-0.25, -0.2) is 0 Å². The van der Waals surface area contributed by atoms with Gasteiger partial charge >= 0.3 is 12.6 Å². The summed E-state index contributed by atoms with van der Waals surface area (Å²) in [6.07, 6.45) is 1.18. The standard InChI is InChI=1S/C17H16F2N2O6/c18-17(19)27-12-5-2-1-4-11(12)21-14(22)10-26-15(23)7-8-20-16(24)13-6-3-9-25-13/h1-6,9,17H,7-8,10H2,(H,20,24)(H,21,22). The van der Waals surface area contributed by atoms with Gasteiger partial charge in [0.1, 0.15) is 5.75 Å². The molecular weight excluding hydrogens is 366 g/mol. The Bertz CT molecular complexity index is 779. The second-order valence-electron chi connectivity index (χ2n) is 5.07. The predicted molar refractivity (Wildman–Crippen MR) is 88.3 cm³/mol. The van der Waals surface area contributed by atoms with Crippen LogP contribution in [0.1, 0.15) is 17.0 Å². The molecule has 2 rings (SSSR count). The minimum absolute atomic E-state index is 0.00888. The molecule has 0 fully saturated rings. The Hall–Kier alpha value is -3.43. The van der Waals surface area contributed by atoms with Crippen molar-refractivity contribution in [1.82, 2.24) is 5.32 Å². The van der Waals surface area contributed by atoms with Gasteiger partial charge in [-0.2, -0.15) is 8.78 Å². The van der Waals surface area contributed by atoms with Crippen molar-refractivity contribution < 1.29 is 37.1 Å². The van der Waals surface area contributed by atoms with Crippen molar-refractivity contribution in [2.24, 2.45) is 0 Å². The summed E-state index contributed by atoms with van der Waals surface area (Å²) in [7, 11) is 0. The van der Waals surface area contributed by atoms with Gasteiger partial charge in [0.15, 0.2) is 12.4 Å². The number of hydrogen-bond acceptors (Lipinski definition) is 6. The Morgan fingerprint density at radius 3 is 2.59 bits per heavy atom. The van der Waals surface area contributed by atoms with Crippen LogP contribution in [0.2, 0.25) is 0 Å². The lowest BCUT2D eigenvalue weighted by molar-refractivity contribution is -0.147. The molecule has 2 amide bonds. The van der Waals surface area contributed by atoms with Crippen molar-refractivity contribution >= 4 is 23.5 Å². The topological polar surface area (TPSA) is 107 Å². The van der Waals surface area contributed by atoms with Crippen LogP contribution < -0.4 is 15.4 Å². The highest BCUT2D eigenvalue weighted by molar-refractivity contribution is 5.94. The molecule has 144 valence electrons. The van der Waals surface area contributed by atoms with Crippen molar-refractivity contribution in [3.05, 3.63) is 48.4 Å². The summed E-state index contributed by atoms with van der Waals surface area (Å²) in [5.41, 5.74) is 0.0181. The number of nitrogens with one attached hydrogen (secondary N) is 2. The molecule has 0 aliphatic rings. The number of carbonyl (C=O) groups is 3. The number of ether oxygens (including phenoxy) is 2. The minimum Gasteiger partial charge on any atom is -0.459 e. The van der Waals surface area contributed by atoms with Gasteiger partial charge in [-0.15, -0.1) is 0 Å². The molecule has 0 unspecified atom stereocenters. The predicted octanol–water partition coefficient (Wildman–Crippen LogP) is 2.18. The number of para-hydroxylation sites is 2. The van der Waals surface area contributed by atoms with E-state index in [4.69, 9.17) is 9.15 Å². The molecule has 1 heterocycles. The van der Waals surface area contributed by atoms with Crippen LogP contribution in [-0.2, 0) is 14.3 Å². The fraction of sp³-hybridized carbons (Fsp3) is 0.235. The molecule has 1 aromatic heterocycles. The molecule has 2 N–H and O–H groups in total. The van der Waals surface area contributed by atoms with Gasteiger partial charge in [0.05, 0.1) is 18.4 Å². The van der Waals surface area contributed by atoms with E-state index in [2.05, 4.69) is 15.4 Å². The number of alkyl halides is 2. The maximum atomic E-state index is 12.3. The third-order valence-electron chi connectivity index (χ3n) is 3.10. The lowest BCUT2D eigenvalue weighted by Crippen LogP contribution is -2.27. The van der Waals surface area contributed by atoms with Gasteiger partial charge in [-0.05, 0) is 24.3 Å². The second-order valence-corrected chi connectivity index (χ2v) is 5.07. The Morgan fingerprint density at radius 1 is 1.11 bits per heavy atom. The maximum absolute atomic E-state index is 12.3. The smallest absolute Gasteiger partial charge is 0.387 e. The molecule has 0 bridgehead atoms. The Labute approximate surface area is 152 Å². The van der Waals surface area contributed by atoms with Crippen molar-refractivity contribution in [2.75, 3.05) is 18.5 Å². The summed E-state index contributed by atoms with van der Waals surface area (Å²) in [5, 5.41) is 4.75. The van der Waals surface area contributed by atoms with Crippen molar-refractivity contribution in [3.63, 3.8) is 0 Å². The normalized spacial score (nSPS) is 10.3. The molecule has 1 aromatic carbocycles. The van der Waals surface area contributed by atoms with E-state index in [0.29, 0.717) is 0 Å². The zero-order valence-corrected chi connectivity index (χ0v) is 13.9. The zero-order chi connectivity index (χ0) is 19.6. The van der Waals surface area contributed by atoms with Crippen LogP contribution in [0.5, 0.6) is 5.75 Å². The molecule has 0 atom stereocenters. The fourth-order valence-electron chi connectivity index (χ4n) is 1.95. The lowest BCUT2D eigenvalue weighted by Gasteiger charge is -2.11. The summed E-state index contributed by atoms with van der Waals surface area (Å²) in [6, 6.07) is 8.61. The number of amides is 2. The van der Waals surface area contributed by atoms with Gasteiger partial charge in [0, 0.05) is 6.54 Å². The van der Waals surface area contributed by atoms with E-state index in [1.807, 2.05) is 0 Å². The molecule has 0 radical (unpaired) electrons. The molecule has 8 nitrogen and oxygen atoms in total. The molecule has 0 aliphatic heterocycles. The molecule has 0 aliphatic carbocycles. The fourth-order valence-corrected chi connectivity index (χ4v) is 1.95. The summed E-state index contributed by atoms with van der Waals surface area (Å²) in [4.78, 5) is 34.9. The Morgan fingerprint density at radius 2 is 1.89 bits per heavy atom. The first kappa shape index (κ1) is 19.9. The molecule has 10 heteroatoms. The number of hydrogen-bond donors (Lipinski definition) is 2. The minimum atomic E-state index is -3.04. The Balaban J connectivity index is 1.71. The number of rotatable bonds is 9. The number of benzene rings is 1. The van der Waals surface area contributed by atoms with Crippen LogP contribution in [0.3, 0.4) is 0 Å². The summed E-state index contributed by atoms with van der Waals surface area (Å²) < 4.78 is 38.5. The first-order valence-electron chi connectivity index (χ1n) is 7.76. The van der Waals surface area contributed by atoms with Crippen molar-refractivity contribution in [1.29, 1.82) is 0 Å². The number of furan rings is 1. The van der Waals surface area contributed by atoms with Crippen LogP contribution >= 0.6 is 0 Å². The number of anilines is 1. The first-order chi connectivity index (χ1) is 13.0. The van der Waals surface area contributed by atoms with Gasteiger partial charge in [0.2, 0.25) is 0 Å². The molecular formula is C17H16F2N2O6. The van der Waals surface area contributed by atoms with Crippen LogP contribution in [0.15, 0.2) is 47.1 Å². The van der Waals surface area contributed by atoms with E-state index in [9.17, 15) is 23.2 Å². The summed E-state index contributed by atoms with van der Waals surface area (Å²) >= 11 is 0. The van der Waals surface area contributed by atoms with Gasteiger partial charge in [0.25, 0.3) is 11.8 Å². The Kier molecular flexibility index (Phi) is 7.29. The van der Waals surface area contributed by atoms with Crippen LogP contribution in [0, 0.1) is 0 Å². The second kappa shape index (κ2) is 9.90. The monoisotopic (exact) mass is 382 g/mol. The van der Waals surface area contributed by atoms with Crippen molar-refractivity contribution in [3.8, 4) is 5.75 Å². The molecule has 27 heavy (non-hydrogen) atoms. The third-order valence-corrected chi connectivity index (χ3v) is 3.10. The van der Waals surface area contributed by atoms with Crippen LogP contribution in [-0.4, -0.2) is 37.5 Å². The average Bonchev–Trinajstić information content (AvgIpc) is 3.16. The summed E-state index contributed by atoms with van der Waals surface area (Å²) in [5.74, 6) is -2.04. The van der Waals surface area contributed by atoms with Gasteiger partial charge in [-0.1, -0.05) is 12.1 Å². The largest absolute Gasteiger partial charge is 0.459 e. The van der Waals surface area contributed by atoms with E-state index in [1.54, 1.807) is 6.07 Å². The van der Waals surface area contributed by atoms with Crippen LogP contribution in [0.25, 0.3) is 0 Å². The van der Waals surface area contributed by atoms with E-state index in [1.165, 1.54) is 36.6 Å². The molecule has 0 spiro atoms. The maximum Gasteiger partial charge on any atom is 0.387 e. The average molecular weight is 382 g/mol. The van der Waals surface area contributed by atoms with E-state index in [-0.39, 0.29) is 30.2 Å². The summed E-state index contributed by atoms with van der Waals surface area (Å²) in [6.45, 7) is -3.67.